The lowest BCUT2D eigenvalue weighted by Gasteiger charge is -2.43. The summed E-state index contributed by atoms with van der Waals surface area (Å²) in [6.07, 6.45) is -0.919. The number of aliphatic hydroxyl groups is 1. The molecule has 0 aromatic heterocycles. The van der Waals surface area contributed by atoms with E-state index in [2.05, 4.69) is 53.2 Å². The van der Waals surface area contributed by atoms with Crippen molar-refractivity contribution in [3.8, 4) is 0 Å². The van der Waals surface area contributed by atoms with Gasteiger partial charge in [-0.25, -0.2) is 0 Å². The summed E-state index contributed by atoms with van der Waals surface area (Å²) in [5.74, 6) is 0. The molecule has 0 unspecified atom stereocenters. The molecule has 6 nitrogen and oxygen atoms in total. The molecule has 3 rings (SSSR count). The molecule has 2 N–H and O–H groups in total. The molecule has 2 heterocycles. The number of nitrogens with one attached hydrogen (secondary N) is 1. The van der Waals surface area contributed by atoms with Crippen LogP contribution in [0.15, 0.2) is 24.3 Å². The third-order valence-electron chi connectivity index (χ3n) is 5.36. The van der Waals surface area contributed by atoms with Crippen LogP contribution in [-0.2, 0) is 16.0 Å². The lowest BCUT2D eigenvalue weighted by molar-refractivity contribution is -0.181. The van der Waals surface area contributed by atoms with Crippen LogP contribution in [0.4, 0.5) is 5.69 Å². The van der Waals surface area contributed by atoms with Gasteiger partial charge in [-0.15, -0.1) is 0 Å². The Hall–Kier alpha value is -1.18. The van der Waals surface area contributed by atoms with E-state index in [0.29, 0.717) is 13.2 Å². The van der Waals surface area contributed by atoms with Gasteiger partial charge in [0.15, 0.2) is 6.29 Å². The van der Waals surface area contributed by atoms with Gasteiger partial charge in [0, 0.05) is 26.3 Å². The Morgan fingerprint density at radius 2 is 1.84 bits per heavy atom. The summed E-state index contributed by atoms with van der Waals surface area (Å²) < 4.78 is 11.8. The van der Waals surface area contributed by atoms with Crippen LogP contribution in [0.3, 0.4) is 0 Å². The molecule has 2 aliphatic rings. The highest BCUT2D eigenvalue weighted by molar-refractivity contribution is 5.45. The summed E-state index contributed by atoms with van der Waals surface area (Å²) in [5.41, 5.74) is 2.37. The summed E-state index contributed by atoms with van der Waals surface area (Å²) in [6, 6.07) is 8.21. The van der Waals surface area contributed by atoms with Crippen LogP contribution >= 0.6 is 0 Å². The van der Waals surface area contributed by atoms with Gasteiger partial charge in [0.25, 0.3) is 0 Å². The molecular formula is C19H31N3O3. The average molecular weight is 349 g/mol. The van der Waals surface area contributed by atoms with Crippen LogP contribution in [0.25, 0.3) is 0 Å². The molecule has 0 saturated carbocycles. The number of aliphatic hydroxyl groups excluding tert-OH is 1. The standard InChI is InChI=1S/C19H31N3O3/c1-5-22(6-2)17-18(23)16(15-12-24-19(17)25-15)20-11-13-7-9-14(10-8-13)21(3)4/h7-10,15-20,23H,5-6,11-12H2,1-4H3/t15-,16-,17-,18+,19-/m1/s1. The molecule has 2 fully saturated rings. The number of hydrogen-bond acceptors (Lipinski definition) is 6. The van der Waals surface area contributed by atoms with E-state index in [-0.39, 0.29) is 24.5 Å². The number of rotatable bonds is 7. The second kappa shape index (κ2) is 8.01. The first-order valence-electron chi connectivity index (χ1n) is 9.24. The Bertz CT molecular complexity index is 545. The van der Waals surface area contributed by atoms with E-state index in [1.54, 1.807) is 0 Å². The minimum atomic E-state index is -0.507. The van der Waals surface area contributed by atoms with Crippen molar-refractivity contribution in [1.82, 2.24) is 10.2 Å². The summed E-state index contributed by atoms with van der Waals surface area (Å²) in [6.45, 7) is 7.18. The summed E-state index contributed by atoms with van der Waals surface area (Å²) in [4.78, 5) is 4.30. The van der Waals surface area contributed by atoms with E-state index in [9.17, 15) is 5.11 Å². The molecule has 0 spiro atoms. The van der Waals surface area contributed by atoms with E-state index in [1.807, 2.05) is 14.1 Å². The molecule has 5 atom stereocenters. The maximum atomic E-state index is 11.0. The molecule has 6 heteroatoms. The number of hydrogen-bond donors (Lipinski definition) is 2. The van der Waals surface area contributed by atoms with Gasteiger partial charge in [-0.1, -0.05) is 26.0 Å². The van der Waals surface area contributed by atoms with Crippen molar-refractivity contribution >= 4 is 5.69 Å². The molecule has 0 amide bonds. The molecule has 2 saturated heterocycles. The normalized spacial score (nSPS) is 31.5. The van der Waals surface area contributed by atoms with Crippen molar-refractivity contribution in [1.29, 1.82) is 0 Å². The first-order chi connectivity index (χ1) is 12.0. The first kappa shape index (κ1) is 18.6. The van der Waals surface area contributed by atoms with Crippen LogP contribution in [0.5, 0.6) is 0 Å². The fraction of sp³-hybridized carbons (Fsp3) is 0.684. The van der Waals surface area contributed by atoms with Crippen molar-refractivity contribution in [2.24, 2.45) is 0 Å². The van der Waals surface area contributed by atoms with E-state index >= 15 is 0 Å². The quantitative estimate of drug-likeness (QED) is 0.767. The Labute approximate surface area is 150 Å². The Morgan fingerprint density at radius 1 is 1.16 bits per heavy atom. The Morgan fingerprint density at radius 3 is 2.44 bits per heavy atom. The maximum absolute atomic E-state index is 11.0. The largest absolute Gasteiger partial charge is 0.390 e. The Kier molecular flexibility index (Phi) is 5.96. The maximum Gasteiger partial charge on any atom is 0.176 e. The van der Waals surface area contributed by atoms with Gasteiger partial charge in [-0.3, -0.25) is 4.90 Å². The fourth-order valence-corrected chi connectivity index (χ4v) is 3.83. The predicted octanol–water partition coefficient (Wildman–Crippen LogP) is 1.04. The van der Waals surface area contributed by atoms with E-state index in [4.69, 9.17) is 9.47 Å². The zero-order chi connectivity index (χ0) is 18.0. The predicted molar refractivity (Wildman–Crippen MR) is 98.7 cm³/mol. The molecule has 0 aliphatic carbocycles. The third kappa shape index (κ3) is 3.83. The fourth-order valence-electron chi connectivity index (χ4n) is 3.83. The molecule has 2 bridgehead atoms. The number of nitrogens with zero attached hydrogens (tertiary/aromatic N) is 2. The third-order valence-corrected chi connectivity index (χ3v) is 5.36. The molecule has 0 radical (unpaired) electrons. The second-order valence-corrected chi connectivity index (χ2v) is 7.05. The SMILES string of the molecule is CCN(CC)[C@H]1[C@@H]2OC[C@@H](O2)[C@@H](NCc2ccc(N(C)C)cc2)[C@@H]1O. The monoisotopic (exact) mass is 349 g/mol. The van der Waals surface area contributed by atoms with Gasteiger partial charge < -0.3 is 24.8 Å². The van der Waals surface area contributed by atoms with Crippen LogP contribution in [0.2, 0.25) is 0 Å². The van der Waals surface area contributed by atoms with Crippen LogP contribution in [0.1, 0.15) is 19.4 Å². The zero-order valence-corrected chi connectivity index (χ0v) is 15.7. The van der Waals surface area contributed by atoms with E-state index in [1.165, 1.54) is 11.3 Å². The van der Waals surface area contributed by atoms with Gasteiger partial charge in [0.05, 0.1) is 24.8 Å². The molecule has 140 valence electrons. The summed E-state index contributed by atoms with van der Waals surface area (Å²) >= 11 is 0. The van der Waals surface area contributed by atoms with E-state index in [0.717, 1.165) is 13.1 Å². The minimum absolute atomic E-state index is 0.0899. The summed E-state index contributed by atoms with van der Waals surface area (Å²) in [7, 11) is 4.07. The second-order valence-electron chi connectivity index (χ2n) is 7.05. The minimum Gasteiger partial charge on any atom is -0.390 e. The van der Waals surface area contributed by atoms with Gasteiger partial charge in [0.1, 0.15) is 6.10 Å². The number of fused-ring (bicyclic) bond motifs is 2. The summed E-state index contributed by atoms with van der Waals surface area (Å²) in [5, 5.41) is 14.5. The Balaban J connectivity index is 1.66. The molecule has 1 aromatic rings. The van der Waals surface area contributed by atoms with Crippen LogP contribution < -0.4 is 10.2 Å². The van der Waals surface area contributed by atoms with Crippen LogP contribution in [-0.4, -0.2) is 74.4 Å². The van der Waals surface area contributed by atoms with Crippen LogP contribution in [0, 0.1) is 0 Å². The average Bonchev–Trinajstić information content (AvgIpc) is 3.04. The number of ether oxygens (including phenoxy) is 2. The van der Waals surface area contributed by atoms with Gasteiger partial charge in [0.2, 0.25) is 0 Å². The molecular weight excluding hydrogens is 318 g/mol. The smallest absolute Gasteiger partial charge is 0.176 e. The highest BCUT2D eigenvalue weighted by Gasteiger charge is 2.51. The van der Waals surface area contributed by atoms with Gasteiger partial charge >= 0.3 is 0 Å². The van der Waals surface area contributed by atoms with E-state index < -0.39 is 6.10 Å². The van der Waals surface area contributed by atoms with Crippen molar-refractivity contribution in [2.45, 2.75) is 51.0 Å². The zero-order valence-electron chi connectivity index (χ0n) is 15.7. The van der Waals surface area contributed by atoms with Crippen molar-refractivity contribution in [3.63, 3.8) is 0 Å². The van der Waals surface area contributed by atoms with Crippen molar-refractivity contribution in [2.75, 3.05) is 38.7 Å². The first-order valence-corrected chi connectivity index (χ1v) is 9.24. The lowest BCUT2D eigenvalue weighted by Crippen LogP contribution is -2.64. The molecule has 25 heavy (non-hydrogen) atoms. The lowest BCUT2D eigenvalue weighted by atomic mass is 9.94. The topological polar surface area (TPSA) is 57.2 Å². The molecule has 1 aromatic carbocycles. The molecule has 2 aliphatic heterocycles. The highest BCUT2D eigenvalue weighted by Crippen LogP contribution is 2.31. The van der Waals surface area contributed by atoms with Crippen molar-refractivity contribution < 1.29 is 14.6 Å². The number of likely N-dealkylation sites (N-methyl/N-ethyl adjacent to an activating group) is 1. The number of benzene rings is 1. The van der Waals surface area contributed by atoms with Gasteiger partial charge in [-0.2, -0.15) is 0 Å². The highest BCUT2D eigenvalue weighted by atomic mass is 16.7. The number of anilines is 1. The van der Waals surface area contributed by atoms with Crippen molar-refractivity contribution in [3.05, 3.63) is 29.8 Å². The van der Waals surface area contributed by atoms with Gasteiger partial charge in [-0.05, 0) is 30.8 Å².